The Hall–Kier alpha value is -3.29. The molecule has 1 amide bonds. The van der Waals surface area contributed by atoms with Crippen LogP contribution in [0.25, 0.3) is 22.5 Å². The molecule has 7 nitrogen and oxygen atoms in total. The lowest BCUT2D eigenvalue weighted by Gasteiger charge is -2.34. The smallest absolute Gasteiger partial charge is 0.236 e. The maximum atomic E-state index is 13.1. The Morgan fingerprint density at radius 1 is 1.00 bits per heavy atom. The van der Waals surface area contributed by atoms with Crippen LogP contribution in [0.2, 0.25) is 0 Å². The summed E-state index contributed by atoms with van der Waals surface area (Å²) >= 11 is 0. The van der Waals surface area contributed by atoms with Crippen molar-refractivity contribution in [3.05, 3.63) is 65.7 Å². The standard InChI is InChI=1S/C29H32N4O3/c30-26-6-4-21-16-22(3-5-24(21)26)25-17-27(36-29(25)20-7-9-31-10-8-20)23-2-1-11-33(18-23)28(34)19-32-12-14-35-15-13-32/h3,5,7-10,16-17,23,30H,1-2,4,6,11-15,18-19H2. The minimum atomic E-state index is 0.171. The number of piperidine rings is 1. The van der Waals surface area contributed by atoms with Gasteiger partial charge in [0.2, 0.25) is 5.91 Å². The van der Waals surface area contributed by atoms with E-state index >= 15 is 0 Å². The SMILES string of the molecule is N=C1CCc2cc(-c3cc(C4CCCN(C(=O)CN5CCOCC5)C4)oc3-c3ccncc3)ccc21. The molecule has 1 aliphatic carbocycles. The number of carbonyl (C=O) groups is 1. The summed E-state index contributed by atoms with van der Waals surface area (Å²) in [4.78, 5) is 21.5. The van der Waals surface area contributed by atoms with E-state index in [2.05, 4.69) is 34.1 Å². The van der Waals surface area contributed by atoms with Gasteiger partial charge in [-0.05, 0) is 60.6 Å². The fourth-order valence-corrected chi connectivity index (χ4v) is 5.69. The zero-order valence-electron chi connectivity index (χ0n) is 20.5. The third kappa shape index (κ3) is 4.61. The van der Waals surface area contributed by atoms with Crippen LogP contribution in [-0.4, -0.2) is 72.3 Å². The van der Waals surface area contributed by atoms with Gasteiger partial charge >= 0.3 is 0 Å². The van der Waals surface area contributed by atoms with Gasteiger partial charge in [0, 0.05) is 61.3 Å². The number of hydrogen-bond donors (Lipinski definition) is 1. The van der Waals surface area contributed by atoms with Crippen LogP contribution in [0, 0.1) is 5.41 Å². The quantitative estimate of drug-likeness (QED) is 0.582. The van der Waals surface area contributed by atoms with Gasteiger partial charge in [0.1, 0.15) is 11.5 Å². The Bertz CT molecular complexity index is 1260. The molecule has 7 heteroatoms. The predicted octanol–water partition coefficient (Wildman–Crippen LogP) is 4.36. The zero-order valence-corrected chi connectivity index (χ0v) is 20.5. The molecule has 0 spiro atoms. The van der Waals surface area contributed by atoms with Crippen molar-refractivity contribution < 1.29 is 13.9 Å². The number of rotatable bonds is 5. The molecule has 4 heterocycles. The van der Waals surface area contributed by atoms with Crippen LogP contribution in [0.5, 0.6) is 0 Å². The molecular formula is C29H32N4O3. The molecule has 1 unspecified atom stereocenters. The Labute approximate surface area is 211 Å². The minimum absolute atomic E-state index is 0.171. The molecule has 2 saturated heterocycles. The molecule has 0 radical (unpaired) electrons. The van der Waals surface area contributed by atoms with Crippen LogP contribution in [-0.2, 0) is 16.0 Å². The Balaban J connectivity index is 1.28. The van der Waals surface area contributed by atoms with E-state index in [1.54, 1.807) is 12.4 Å². The van der Waals surface area contributed by atoms with Crippen LogP contribution in [0.4, 0.5) is 0 Å². The van der Waals surface area contributed by atoms with Gasteiger partial charge in [-0.1, -0.05) is 18.2 Å². The molecule has 1 atom stereocenters. The number of benzene rings is 1. The van der Waals surface area contributed by atoms with Crippen molar-refractivity contribution in [2.75, 3.05) is 45.9 Å². The molecule has 36 heavy (non-hydrogen) atoms. The summed E-state index contributed by atoms with van der Waals surface area (Å²) < 4.78 is 12.0. The predicted molar refractivity (Wildman–Crippen MR) is 138 cm³/mol. The minimum Gasteiger partial charge on any atom is -0.460 e. The van der Waals surface area contributed by atoms with Crippen molar-refractivity contribution >= 4 is 11.6 Å². The van der Waals surface area contributed by atoms with Crippen molar-refractivity contribution in [3.8, 4) is 22.5 Å². The third-order valence-corrected chi connectivity index (χ3v) is 7.72. The van der Waals surface area contributed by atoms with E-state index < -0.39 is 0 Å². The number of nitrogens with zero attached hydrogens (tertiary/aromatic N) is 3. The fourth-order valence-electron chi connectivity index (χ4n) is 5.69. The van der Waals surface area contributed by atoms with Gasteiger partial charge in [0.25, 0.3) is 0 Å². The number of nitrogens with one attached hydrogen (secondary N) is 1. The largest absolute Gasteiger partial charge is 0.460 e. The van der Waals surface area contributed by atoms with E-state index in [0.717, 1.165) is 84.8 Å². The summed E-state index contributed by atoms with van der Waals surface area (Å²) in [6.07, 6.45) is 7.28. The summed E-state index contributed by atoms with van der Waals surface area (Å²) in [7, 11) is 0. The number of amides is 1. The molecule has 6 rings (SSSR count). The van der Waals surface area contributed by atoms with Crippen LogP contribution in [0.15, 0.2) is 53.2 Å². The number of ether oxygens (including phenoxy) is 1. The van der Waals surface area contributed by atoms with E-state index in [0.29, 0.717) is 26.3 Å². The second kappa shape index (κ2) is 9.99. The van der Waals surface area contributed by atoms with Crippen molar-refractivity contribution in [1.82, 2.24) is 14.8 Å². The van der Waals surface area contributed by atoms with Crippen molar-refractivity contribution in [2.24, 2.45) is 0 Å². The van der Waals surface area contributed by atoms with Gasteiger partial charge in [-0.2, -0.15) is 0 Å². The van der Waals surface area contributed by atoms with E-state index in [9.17, 15) is 4.79 Å². The van der Waals surface area contributed by atoms with Crippen molar-refractivity contribution in [3.63, 3.8) is 0 Å². The first-order valence-electron chi connectivity index (χ1n) is 13.0. The molecule has 3 aliphatic rings. The first kappa shape index (κ1) is 23.1. The number of morpholine rings is 1. The highest BCUT2D eigenvalue weighted by Gasteiger charge is 2.30. The second-order valence-corrected chi connectivity index (χ2v) is 10.0. The number of furan rings is 1. The summed E-state index contributed by atoms with van der Waals surface area (Å²) in [5.41, 5.74) is 6.20. The number of pyridine rings is 1. The lowest BCUT2D eigenvalue weighted by molar-refractivity contribution is -0.134. The molecule has 3 aromatic rings. The third-order valence-electron chi connectivity index (χ3n) is 7.72. The average Bonchev–Trinajstić information content (AvgIpc) is 3.54. The van der Waals surface area contributed by atoms with Gasteiger partial charge in [-0.25, -0.2) is 0 Å². The van der Waals surface area contributed by atoms with E-state index in [-0.39, 0.29) is 11.8 Å². The zero-order chi connectivity index (χ0) is 24.5. The molecule has 2 fully saturated rings. The Morgan fingerprint density at radius 2 is 1.83 bits per heavy atom. The normalized spacial score (nSPS) is 20.5. The molecule has 186 valence electrons. The fraction of sp³-hybridized carbons (Fsp3) is 0.414. The van der Waals surface area contributed by atoms with Gasteiger partial charge in [0.15, 0.2) is 0 Å². The Kier molecular flexibility index (Phi) is 6.42. The lowest BCUT2D eigenvalue weighted by atomic mass is 9.93. The first-order valence-corrected chi connectivity index (χ1v) is 13.0. The van der Waals surface area contributed by atoms with E-state index in [1.807, 2.05) is 17.0 Å². The van der Waals surface area contributed by atoms with Crippen molar-refractivity contribution in [2.45, 2.75) is 31.6 Å². The van der Waals surface area contributed by atoms with Crippen LogP contribution < -0.4 is 0 Å². The van der Waals surface area contributed by atoms with Gasteiger partial charge in [-0.3, -0.25) is 14.7 Å². The lowest BCUT2D eigenvalue weighted by Crippen LogP contribution is -2.47. The number of carbonyl (C=O) groups excluding carboxylic acids is 1. The van der Waals surface area contributed by atoms with Crippen molar-refractivity contribution in [1.29, 1.82) is 5.41 Å². The van der Waals surface area contributed by atoms with E-state index in [4.69, 9.17) is 14.6 Å². The molecule has 1 aromatic carbocycles. The maximum absolute atomic E-state index is 13.1. The topological polar surface area (TPSA) is 82.7 Å². The van der Waals surface area contributed by atoms with Crippen LogP contribution in [0.1, 0.15) is 42.1 Å². The second-order valence-electron chi connectivity index (χ2n) is 10.0. The summed E-state index contributed by atoms with van der Waals surface area (Å²) in [6.45, 7) is 5.00. The Morgan fingerprint density at radius 3 is 2.67 bits per heavy atom. The number of fused-ring (bicyclic) bond motifs is 1. The van der Waals surface area contributed by atoms with E-state index in [1.165, 1.54) is 5.56 Å². The number of aryl methyl sites for hydroxylation is 1. The summed E-state index contributed by atoms with van der Waals surface area (Å²) in [5, 5.41) is 8.19. The number of aromatic nitrogens is 1. The van der Waals surface area contributed by atoms with Gasteiger partial charge in [-0.15, -0.1) is 0 Å². The monoisotopic (exact) mass is 484 g/mol. The molecule has 1 N–H and O–H groups in total. The highest BCUT2D eigenvalue weighted by molar-refractivity contribution is 6.03. The molecule has 0 bridgehead atoms. The highest BCUT2D eigenvalue weighted by Crippen LogP contribution is 2.40. The number of hydrogen-bond acceptors (Lipinski definition) is 6. The molecule has 2 aromatic heterocycles. The maximum Gasteiger partial charge on any atom is 0.236 e. The van der Waals surface area contributed by atoms with Gasteiger partial charge < -0.3 is 19.5 Å². The van der Waals surface area contributed by atoms with Gasteiger partial charge in [0.05, 0.1) is 19.8 Å². The summed E-state index contributed by atoms with van der Waals surface area (Å²) in [6, 6.07) is 12.5. The molecule has 0 saturated carbocycles. The van der Waals surface area contributed by atoms with Crippen LogP contribution in [0.3, 0.4) is 0 Å². The number of likely N-dealkylation sites (tertiary alicyclic amines) is 1. The first-order chi connectivity index (χ1) is 17.7. The average molecular weight is 485 g/mol. The molecule has 2 aliphatic heterocycles. The molecular weight excluding hydrogens is 452 g/mol. The summed E-state index contributed by atoms with van der Waals surface area (Å²) in [5.74, 6) is 2.15. The van der Waals surface area contributed by atoms with Crippen LogP contribution >= 0.6 is 0 Å². The highest BCUT2D eigenvalue weighted by atomic mass is 16.5.